The lowest BCUT2D eigenvalue weighted by molar-refractivity contribution is -0.274. The van der Waals surface area contributed by atoms with Gasteiger partial charge in [0.15, 0.2) is 0 Å². The number of H-pyrrole nitrogens is 1. The molecule has 0 aliphatic heterocycles. The summed E-state index contributed by atoms with van der Waals surface area (Å²) in [6.45, 7) is 1.92. The Morgan fingerprint density at radius 2 is 1.86 bits per heavy atom. The van der Waals surface area contributed by atoms with Gasteiger partial charge >= 0.3 is 6.36 Å². The van der Waals surface area contributed by atoms with Crippen LogP contribution in [0.4, 0.5) is 13.2 Å². The summed E-state index contributed by atoms with van der Waals surface area (Å²) in [5.41, 5.74) is 3.57. The summed E-state index contributed by atoms with van der Waals surface area (Å²) in [7, 11) is 0. The van der Waals surface area contributed by atoms with Crippen molar-refractivity contribution in [3.05, 3.63) is 53.9 Å². The van der Waals surface area contributed by atoms with Gasteiger partial charge in [-0.2, -0.15) is 0 Å². The Kier molecular flexibility index (Phi) is 5.35. The number of imidazole rings is 1. The zero-order valence-corrected chi connectivity index (χ0v) is 16.2. The summed E-state index contributed by atoms with van der Waals surface area (Å²) >= 11 is 0. The normalized spacial score (nSPS) is 16.0. The zero-order valence-electron chi connectivity index (χ0n) is 16.2. The lowest BCUT2D eigenvalue weighted by Crippen LogP contribution is -2.17. The molecule has 2 aromatic carbocycles. The van der Waals surface area contributed by atoms with E-state index in [2.05, 4.69) is 20.8 Å². The Labute approximate surface area is 167 Å². The van der Waals surface area contributed by atoms with Gasteiger partial charge in [-0.3, -0.25) is 0 Å². The van der Waals surface area contributed by atoms with E-state index in [-0.39, 0.29) is 5.75 Å². The molecule has 0 radical (unpaired) electrons. The van der Waals surface area contributed by atoms with Crippen molar-refractivity contribution in [1.82, 2.24) is 9.97 Å². The topological polar surface area (TPSA) is 37.9 Å². The Balaban J connectivity index is 1.67. The van der Waals surface area contributed by atoms with Crippen molar-refractivity contribution in [2.75, 3.05) is 0 Å². The Bertz CT molecular complexity index is 1030. The number of alkyl halides is 3. The number of halogens is 3. The number of hydrogen-bond acceptors (Lipinski definition) is 2. The van der Waals surface area contributed by atoms with E-state index < -0.39 is 6.36 Å². The quantitative estimate of drug-likeness (QED) is 0.510. The fourth-order valence-electron chi connectivity index (χ4n) is 4.01. The van der Waals surface area contributed by atoms with Crippen LogP contribution in [0.3, 0.4) is 0 Å². The molecule has 0 saturated heterocycles. The Hall–Kier alpha value is -2.76. The fraction of sp³-hybridized carbons (Fsp3) is 0.348. The number of aryl methyl sites for hydroxylation is 1. The van der Waals surface area contributed by atoms with Gasteiger partial charge in [0.2, 0.25) is 0 Å². The lowest BCUT2D eigenvalue weighted by atomic mass is 9.89. The molecule has 0 amide bonds. The molecule has 1 aromatic heterocycles. The highest BCUT2D eigenvalue weighted by Crippen LogP contribution is 2.36. The summed E-state index contributed by atoms with van der Waals surface area (Å²) in [5, 5.41) is 0. The van der Waals surface area contributed by atoms with Crippen LogP contribution in [0.5, 0.6) is 5.75 Å². The summed E-state index contributed by atoms with van der Waals surface area (Å²) in [6.07, 6.45) is 5.81. The molecular weight excluding hydrogens is 377 g/mol. The number of para-hydroxylation sites is 1. The van der Waals surface area contributed by atoms with E-state index in [1.165, 1.54) is 44.2 Å². The van der Waals surface area contributed by atoms with Crippen LogP contribution < -0.4 is 4.74 Å². The minimum atomic E-state index is -4.74. The highest BCUT2D eigenvalue weighted by molar-refractivity contribution is 5.87. The second kappa shape index (κ2) is 7.93. The molecule has 0 atom stereocenters. The maximum absolute atomic E-state index is 12.8. The average molecular weight is 400 g/mol. The van der Waals surface area contributed by atoms with Crippen LogP contribution >= 0.6 is 0 Å². The van der Waals surface area contributed by atoms with E-state index in [4.69, 9.17) is 0 Å². The van der Waals surface area contributed by atoms with Gasteiger partial charge in [-0.1, -0.05) is 43.5 Å². The van der Waals surface area contributed by atoms with Crippen molar-refractivity contribution in [3.63, 3.8) is 0 Å². The molecule has 1 saturated carbocycles. The summed E-state index contributed by atoms with van der Waals surface area (Å²) < 4.78 is 42.5. The zero-order chi connectivity index (χ0) is 20.4. The first-order valence-electron chi connectivity index (χ1n) is 9.93. The van der Waals surface area contributed by atoms with Crippen LogP contribution in [0.2, 0.25) is 0 Å². The van der Waals surface area contributed by atoms with Crippen molar-refractivity contribution >= 4 is 17.1 Å². The van der Waals surface area contributed by atoms with E-state index >= 15 is 0 Å². The van der Waals surface area contributed by atoms with E-state index in [1.807, 2.05) is 19.1 Å². The predicted molar refractivity (Wildman–Crippen MR) is 109 cm³/mol. The first kappa shape index (κ1) is 19.6. The Morgan fingerprint density at radius 3 is 2.62 bits per heavy atom. The van der Waals surface area contributed by atoms with Crippen LogP contribution in [0, 0.1) is 12.8 Å². The van der Waals surface area contributed by atoms with Crippen LogP contribution in [-0.4, -0.2) is 16.3 Å². The molecule has 0 unspecified atom stereocenters. The molecule has 3 aromatic rings. The molecule has 1 N–H and O–H groups in total. The van der Waals surface area contributed by atoms with Crippen LogP contribution in [-0.2, 0) is 0 Å². The highest BCUT2D eigenvalue weighted by atomic mass is 19.4. The summed E-state index contributed by atoms with van der Waals surface area (Å²) in [5.74, 6) is 1.15. The van der Waals surface area contributed by atoms with E-state index in [1.54, 1.807) is 18.2 Å². The molecule has 1 fully saturated rings. The minimum Gasteiger partial charge on any atom is -0.405 e. The maximum atomic E-state index is 12.8. The van der Waals surface area contributed by atoms with Crippen LogP contribution in [0.25, 0.3) is 28.2 Å². The average Bonchev–Trinajstić information content (AvgIpc) is 3.10. The SMILES string of the molecule is Cc1cc(-c2ccccc2OC(F)(F)F)cc2nc(C=CC3CCCCC3)[nH]c12. The van der Waals surface area contributed by atoms with Gasteiger partial charge in [0.1, 0.15) is 11.6 Å². The second-order valence-electron chi connectivity index (χ2n) is 7.61. The molecular formula is C23H23F3N2O. The molecule has 29 heavy (non-hydrogen) atoms. The number of nitrogens with zero attached hydrogens (tertiary/aromatic N) is 1. The van der Waals surface area contributed by atoms with Gasteiger partial charge in [-0.25, -0.2) is 4.98 Å². The van der Waals surface area contributed by atoms with E-state index in [0.717, 1.165) is 22.4 Å². The van der Waals surface area contributed by atoms with Crippen molar-refractivity contribution < 1.29 is 17.9 Å². The van der Waals surface area contributed by atoms with Gasteiger partial charge in [0.05, 0.1) is 11.0 Å². The number of ether oxygens (including phenoxy) is 1. The molecule has 1 aliphatic carbocycles. The summed E-state index contributed by atoms with van der Waals surface area (Å²) in [4.78, 5) is 7.97. The second-order valence-corrected chi connectivity index (χ2v) is 7.61. The van der Waals surface area contributed by atoms with Crippen LogP contribution in [0.1, 0.15) is 43.5 Å². The van der Waals surface area contributed by atoms with Gasteiger partial charge in [0, 0.05) is 5.56 Å². The monoisotopic (exact) mass is 400 g/mol. The van der Waals surface area contributed by atoms with Gasteiger partial charge < -0.3 is 9.72 Å². The molecule has 0 bridgehead atoms. The number of allylic oxidation sites excluding steroid dienone is 1. The lowest BCUT2D eigenvalue weighted by Gasteiger charge is -2.17. The number of benzene rings is 2. The van der Waals surface area contributed by atoms with Crippen molar-refractivity contribution in [2.45, 2.75) is 45.4 Å². The number of hydrogen-bond donors (Lipinski definition) is 1. The molecule has 0 spiro atoms. The van der Waals surface area contributed by atoms with Gasteiger partial charge in [-0.05, 0) is 61.1 Å². The Morgan fingerprint density at radius 1 is 1.10 bits per heavy atom. The maximum Gasteiger partial charge on any atom is 0.573 e. The van der Waals surface area contributed by atoms with Crippen molar-refractivity contribution in [3.8, 4) is 16.9 Å². The minimum absolute atomic E-state index is 0.216. The first-order chi connectivity index (χ1) is 13.9. The largest absolute Gasteiger partial charge is 0.573 e. The number of aromatic amines is 1. The van der Waals surface area contributed by atoms with Gasteiger partial charge in [-0.15, -0.1) is 13.2 Å². The number of aromatic nitrogens is 2. The summed E-state index contributed by atoms with van der Waals surface area (Å²) in [6, 6.07) is 9.83. The number of nitrogens with one attached hydrogen (secondary N) is 1. The smallest absolute Gasteiger partial charge is 0.405 e. The third-order valence-electron chi connectivity index (χ3n) is 5.41. The van der Waals surface area contributed by atoms with Crippen molar-refractivity contribution in [2.24, 2.45) is 5.92 Å². The van der Waals surface area contributed by atoms with Crippen LogP contribution in [0.15, 0.2) is 42.5 Å². The van der Waals surface area contributed by atoms with Gasteiger partial charge in [0.25, 0.3) is 0 Å². The first-order valence-corrected chi connectivity index (χ1v) is 9.93. The molecule has 152 valence electrons. The standard InChI is InChI=1S/C23H23F3N2O/c1-15-13-17(18-9-5-6-10-20(18)29-23(24,25)26)14-19-22(15)28-21(27-19)12-11-16-7-3-2-4-8-16/h5-6,9-14,16H,2-4,7-8H2,1H3,(H,27,28). The molecule has 4 rings (SSSR count). The predicted octanol–water partition coefficient (Wildman–Crippen LogP) is 7.03. The van der Waals surface area contributed by atoms with E-state index in [0.29, 0.717) is 17.0 Å². The van der Waals surface area contributed by atoms with Crippen molar-refractivity contribution in [1.29, 1.82) is 0 Å². The molecule has 6 heteroatoms. The highest BCUT2D eigenvalue weighted by Gasteiger charge is 2.32. The fourth-order valence-corrected chi connectivity index (χ4v) is 4.01. The molecule has 1 aliphatic rings. The number of fused-ring (bicyclic) bond motifs is 1. The number of rotatable bonds is 4. The third-order valence-corrected chi connectivity index (χ3v) is 5.41. The third kappa shape index (κ3) is 4.63. The molecule has 3 nitrogen and oxygen atoms in total. The molecule has 1 heterocycles. The van der Waals surface area contributed by atoms with E-state index in [9.17, 15) is 13.2 Å².